The van der Waals surface area contributed by atoms with Crippen molar-refractivity contribution in [1.29, 1.82) is 0 Å². The van der Waals surface area contributed by atoms with E-state index in [1.54, 1.807) is 19.1 Å². The number of methoxy groups -OCH3 is 1. The molecule has 0 aliphatic heterocycles. The molecule has 2 atom stereocenters. The highest BCUT2D eigenvalue weighted by molar-refractivity contribution is 7.99. The summed E-state index contributed by atoms with van der Waals surface area (Å²) in [4.78, 5) is 26.9. The number of para-hydroxylation sites is 1. The van der Waals surface area contributed by atoms with Gasteiger partial charge in [0.05, 0.1) is 7.11 Å². The average molecular weight is 385 g/mol. The highest BCUT2D eigenvalue weighted by Crippen LogP contribution is 2.16. The first-order valence-corrected chi connectivity index (χ1v) is 9.70. The molecule has 0 spiro atoms. The van der Waals surface area contributed by atoms with Crippen LogP contribution in [0.2, 0.25) is 0 Å². The highest BCUT2D eigenvalue weighted by atomic mass is 32.2. The molecule has 1 aromatic rings. The van der Waals surface area contributed by atoms with Crippen molar-refractivity contribution in [2.75, 3.05) is 47.6 Å². The van der Waals surface area contributed by atoms with E-state index in [-0.39, 0.29) is 11.2 Å². The number of carbonyl (C=O) groups excluding carboxylic acids is 2. The highest BCUT2D eigenvalue weighted by Gasteiger charge is 2.30. The van der Waals surface area contributed by atoms with Crippen LogP contribution in [-0.4, -0.2) is 80.6 Å². The summed E-state index contributed by atoms with van der Waals surface area (Å²) in [5.41, 5.74) is 0. The molecule has 1 rings (SSSR count). The fraction of sp³-hybridized carbons (Fsp3) is 0.579. The molecule has 0 aromatic heterocycles. The molecule has 6 nitrogen and oxygen atoms in total. The van der Waals surface area contributed by atoms with Crippen molar-refractivity contribution in [3.8, 4) is 5.75 Å². The Bertz CT molecular complexity index is 526. The number of carbonyl (C=O) groups is 2. The third kappa shape index (κ3) is 10.3. The van der Waals surface area contributed by atoms with Gasteiger partial charge in [0, 0.05) is 32.3 Å². The molecule has 0 fully saturated rings. The van der Waals surface area contributed by atoms with Gasteiger partial charge < -0.3 is 19.3 Å². The predicted molar refractivity (Wildman–Crippen MR) is 108 cm³/mol. The summed E-state index contributed by atoms with van der Waals surface area (Å²) in [6, 6.07) is 9.68. The minimum Gasteiger partial charge on any atom is -0.497 e. The Labute approximate surface area is 161 Å². The molecule has 0 N–H and O–H groups in total. The molecule has 0 saturated carbocycles. The summed E-state index contributed by atoms with van der Waals surface area (Å²) in [5, 5.41) is -0.0526. The molecule has 0 radical (unpaired) electrons. The molecule has 0 aliphatic rings. The number of hydrogen-bond donors (Lipinski definition) is 0. The number of esters is 1. The second-order valence-electron chi connectivity index (χ2n) is 6.05. The van der Waals surface area contributed by atoms with Crippen molar-refractivity contribution in [1.82, 2.24) is 9.80 Å². The van der Waals surface area contributed by atoms with Crippen molar-refractivity contribution in [2.45, 2.75) is 25.2 Å². The van der Waals surface area contributed by atoms with E-state index in [2.05, 4.69) is 0 Å². The lowest BCUT2D eigenvalue weighted by Crippen LogP contribution is -2.45. The SMILES string of the molecule is COc1ccccc1.CS[C@H](C)[C@H](OC(C)=O)C(=O)N(C)CCN(C)C. The quantitative estimate of drug-likeness (QED) is 0.642. The summed E-state index contributed by atoms with van der Waals surface area (Å²) in [6.45, 7) is 4.61. The average Bonchev–Trinajstić information content (AvgIpc) is 2.63. The lowest BCUT2D eigenvalue weighted by molar-refractivity contribution is -0.157. The maximum absolute atomic E-state index is 12.2. The molecule has 0 unspecified atom stereocenters. The Hall–Kier alpha value is -1.73. The third-order valence-corrected chi connectivity index (χ3v) is 4.56. The Balaban J connectivity index is 0.000000642. The predicted octanol–water partition coefficient (Wildman–Crippen LogP) is 2.38. The zero-order valence-corrected chi connectivity index (χ0v) is 17.7. The van der Waals surface area contributed by atoms with Crippen molar-refractivity contribution in [2.24, 2.45) is 0 Å². The van der Waals surface area contributed by atoms with Gasteiger partial charge in [0.25, 0.3) is 5.91 Å². The molecular weight excluding hydrogens is 352 g/mol. The fourth-order valence-electron chi connectivity index (χ4n) is 1.88. The normalized spacial score (nSPS) is 12.5. The van der Waals surface area contributed by atoms with Gasteiger partial charge in [-0.05, 0) is 39.4 Å². The second kappa shape index (κ2) is 13.5. The number of ether oxygens (including phenoxy) is 2. The van der Waals surface area contributed by atoms with Gasteiger partial charge in [-0.3, -0.25) is 9.59 Å². The van der Waals surface area contributed by atoms with Crippen molar-refractivity contribution >= 4 is 23.6 Å². The molecule has 1 aromatic carbocycles. The van der Waals surface area contributed by atoms with E-state index in [0.29, 0.717) is 6.54 Å². The summed E-state index contributed by atoms with van der Waals surface area (Å²) in [6.07, 6.45) is 1.19. The number of likely N-dealkylation sites (N-methyl/N-ethyl adjacent to an activating group) is 2. The maximum atomic E-state index is 12.2. The van der Waals surface area contributed by atoms with Gasteiger partial charge in [0.2, 0.25) is 0 Å². The number of nitrogens with zero attached hydrogens (tertiary/aromatic N) is 2. The second-order valence-corrected chi connectivity index (χ2v) is 7.27. The zero-order chi connectivity index (χ0) is 20.1. The third-order valence-electron chi connectivity index (χ3n) is 3.57. The first-order valence-electron chi connectivity index (χ1n) is 8.41. The van der Waals surface area contributed by atoms with Crippen LogP contribution in [-0.2, 0) is 14.3 Å². The van der Waals surface area contributed by atoms with Crippen LogP contribution in [0, 0.1) is 0 Å². The number of hydrogen-bond acceptors (Lipinski definition) is 6. The van der Waals surface area contributed by atoms with Gasteiger partial charge >= 0.3 is 5.97 Å². The number of thioether (sulfide) groups is 1. The Morgan fingerprint density at radius 3 is 2.08 bits per heavy atom. The lowest BCUT2D eigenvalue weighted by atomic mass is 10.2. The number of rotatable bonds is 8. The van der Waals surface area contributed by atoms with E-state index >= 15 is 0 Å². The lowest BCUT2D eigenvalue weighted by Gasteiger charge is -2.27. The zero-order valence-electron chi connectivity index (χ0n) is 16.9. The van der Waals surface area contributed by atoms with Gasteiger partial charge in [-0.25, -0.2) is 0 Å². The van der Waals surface area contributed by atoms with E-state index in [1.807, 2.05) is 62.5 Å². The van der Waals surface area contributed by atoms with Crippen LogP contribution in [0.1, 0.15) is 13.8 Å². The summed E-state index contributed by atoms with van der Waals surface area (Å²) in [7, 11) is 7.30. The molecule has 7 heteroatoms. The Morgan fingerprint density at radius 1 is 1.12 bits per heavy atom. The standard InChI is InChI=1S/C12H24N2O3S.C7H8O/c1-9(18-6)11(17-10(2)15)12(16)14(5)8-7-13(3)4;1-8-7-5-3-2-4-6-7/h9,11H,7-8H2,1-6H3;2-6H,1H3/t9-,11+;/m1./s1. The van der Waals surface area contributed by atoms with Gasteiger partial charge in [-0.15, -0.1) is 0 Å². The van der Waals surface area contributed by atoms with Crippen LogP contribution in [0.25, 0.3) is 0 Å². The minimum absolute atomic E-state index is 0.0526. The van der Waals surface area contributed by atoms with E-state index in [4.69, 9.17) is 9.47 Å². The fourth-order valence-corrected chi connectivity index (χ4v) is 2.30. The number of benzene rings is 1. The van der Waals surface area contributed by atoms with Crippen LogP contribution >= 0.6 is 11.8 Å². The Morgan fingerprint density at radius 2 is 1.69 bits per heavy atom. The van der Waals surface area contributed by atoms with E-state index in [9.17, 15) is 9.59 Å². The topological polar surface area (TPSA) is 59.1 Å². The molecule has 1 amide bonds. The largest absolute Gasteiger partial charge is 0.497 e. The maximum Gasteiger partial charge on any atom is 0.303 e. The monoisotopic (exact) mass is 384 g/mol. The van der Waals surface area contributed by atoms with Crippen LogP contribution in [0.5, 0.6) is 5.75 Å². The van der Waals surface area contributed by atoms with Crippen LogP contribution < -0.4 is 4.74 Å². The summed E-state index contributed by atoms with van der Waals surface area (Å²) < 4.78 is 10.0. The van der Waals surface area contributed by atoms with Gasteiger partial charge in [-0.2, -0.15) is 11.8 Å². The van der Waals surface area contributed by atoms with Crippen LogP contribution in [0.15, 0.2) is 30.3 Å². The first kappa shape index (κ1) is 24.3. The van der Waals surface area contributed by atoms with Crippen molar-refractivity contribution < 1.29 is 19.1 Å². The molecule has 0 heterocycles. The molecule has 0 saturated heterocycles. The molecular formula is C19H32N2O4S. The van der Waals surface area contributed by atoms with E-state index in [0.717, 1.165) is 12.3 Å². The molecule has 0 bridgehead atoms. The molecule has 26 heavy (non-hydrogen) atoms. The number of amides is 1. The minimum atomic E-state index is -0.704. The van der Waals surface area contributed by atoms with Crippen molar-refractivity contribution in [3.63, 3.8) is 0 Å². The smallest absolute Gasteiger partial charge is 0.303 e. The molecule has 0 aliphatic carbocycles. The summed E-state index contributed by atoms with van der Waals surface area (Å²) >= 11 is 1.51. The van der Waals surface area contributed by atoms with E-state index < -0.39 is 12.1 Å². The van der Waals surface area contributed by atoms with Gasteiger partial charge in [0.1, 0.15) is 5.75 Å². The van der Waals surface area contributed by atoms with Gasteiger partial charge in [0.15, 0.2) is 6.10 Å². The van der Waals surface area contributed by atoms with E-state index in [1.165, 1.54) is 18.7 Å². The van der Waals surface area contributed by atoms with Crippen LogP contribution in [0.3, 0.4) is 0 Å². The first-order chi connectivity index (χ1) is 12.2. The summed E-state index contributed by atoms with van der Waals surface area (Å²) in [5.74, 6) is 0.344. The van der Waals surface area contributed by atoms with Crippen LogP contribution in [0.4, 0.5) is 0 Å². The van der Waals surface area contributed by atoms with Gasteiger partial charge in [-0.1, -0.05) is 18.2 Å². The Kier molecular flexibility index (Phi) is 12.6. The molecule has 148 valence electrons. The van der Waals surface area contributed by atoms with Crippen molar-refractivity contribution in [3.05, 3.63) is 30.3 Å².